The van der Waals surface area contributed by atoms with E-state index in [1.54, 1.807) is 0 Å². The molecule has 0 atom stereocenters. The molecule has 0 bridgehead atoms. The fourth-order valence-electron chi connectivity index (χ4n) is 1.18. The van der Waals surface area contributed by atoms with Gasteiger partial charge in [-0.1, -0.05) is 38.1 Å². The first kappa shape index (κ1) is 13.1. The average molecular weight is 194 g/mol. The van der Waals surface area contributed by atoms with Crippen molar-refractivity contribution >= 4 is 0 Å². The van der Waals surface area contributed by atoms with Gasteiger partial charge in [0.1, 0.15) is 0 Å². The van der Waals surface area contributed by atoms with E-state index >= 15 is 0 Å². The Morgan fingerprint density at radius 2 is 1.86 bits per heavy atom. The molecule has 0 saturated heterocycles. The van der Waals surface area contributed by atoms with Gasteiger partial charge >= 0.3 is 0 Å². The number of hydrogen-bond donors (Lipinski definition) is 2. The van der Waals surface area contributed by atoms with Crippen molar-refractivity contribution < 1.29 is 0 Å². The van der Waals surface area contributed by atoms with Crippen LogP contribution in [0.2, 0.25) is 0 Å². The standard InChI is InChI=1S/C10H16N2.C2H6/c1-12-6-5-9-3-2-4-10(7-9)8-11;1-2/h2-4,7,12H,5-6,8,11H2,1H3;1-2H3. The van der Waals surface area contributed by atoms with Crippen molar-refractivity contribution in [3.63, 3.8) is 0 Å². The summed E-state index contributed by atoms with van der Waals surface area (Å²) in [6.07, 6.45) is 1.07. The van der Waals surface area contributed by atoms with Crippen LogP contribution in [0.1, 0.15) is 25.0 Å². The maximum Gasteiger partial charge on any atom is 0.0178 e. The molecule has 0 radical (unpaired) electrons. The van der Waals surface area contributed by atoms with Crippen molar-refractivity contribution in [1.82, 2.24) is 5.32 Å². The van der Waals surface area contributed by atoms with Crippen LogP contribution in [0.5, 0.6) is 0 Å². The van der Waals surface area contributed by atoms with Gasteiger partial charge in [-0.3, -0.25) is 0 Å². The Labute approximate surface area is 87.5 Å². The molecule has 2 nitrogen and oxygen atoms in total. The lowest BCUT2D eigenvalue weighted by atomic mass is 10.1. The maximum absolute atomic E-state index is 5.53. The first-order valence-electron chi connectivity index (χ1n) is 5.29. The van der Waals surface area contributed by atoms with E-state index in [0.717, 1.165) is 13.0 Å². The van der Waals surface area contributed by atoms with Crippen LogP contribution in [0.4, 0.5) is 0 Å². The molecule has 2 heteroatoms. The summed E-state index contributed by atoms with van der Waals surface area (Å²) < 4.78 is 0. The molecule has 0 aliphatic carbocycles. The lowest BCUT2D eigenvalue weighted by molar-refractivity contribution is 0.790. The van der Waals surface area contributed by atoms with E-state index in [0.29, 0.717) is 6.54 Å². The highest BCUT2D eigenvalue weighted by Crippen LogP contribution is 2.04. The second-order valence-corrected chi connectivity index (χ2v) is 2.88. The van der Waals surface area contributed by atoms with E-state index in [9.17, 15) is 0 Å². The molecule has 0 fully saturated rings. The van der Waals surface area contributed by atoms with Gasteiger partial charge in [0.05, 0.1) is 0 Å². The maximum atomic E-state index is 5.53. The largest absolute Gasteiger partial charge is 0.326 e. The molecule has 0 saturated carbocycles. The van der Waals surface area contributed by atoms with Crippen LogP contribution in [0, 0.1) is 0 Å². The van der Waals surface area contributed by atoms with Gasteiger partial charge in [0.15, 0.2) is 0 Å². The summed E-state index contributed by atoms with van der Waals surface area (Å²) in [6, 6.07) is 8.42. The summed E-state index contributed by atoms with van der Waals surface area (Å²) in [4.78, 5) is 0. The van der Waals surface area contributed by atoms with Gasteiger partial charge in [0, 0.05) is 6.54 Å². The molecule has 0 aliphatic heterocycles. The van der Waals surface area contributed by atoms with Crippen molar-refractivity contribution in [1.29, 1.82) is 0 Å². The Bertz CT molecular complexity index is 234. The molecule has 3 N–H and O–H groups in total. The van der Waals surface area contributed by atoms with Gasteiger partial charge in [-0.2, -0.15) is 0 Å². The molecule has 0 spiro atoms. The monoisotopic (exact) mass is 194 g/mol. The zero-order valence-electron chi connectivity index (χ0n) is 9.51. The van der Waals surface area contributed by atoms with Crippen LogP contribution >= 0.6 is 0 Å². The zero-order valence-corrected chi connectivity index (χ0v) is 9.51. The first-order chi connectivity index (χ1) is 6.86. The third-order valence-electron chi connectivity index (χ3n) is 1.89. The highest BCUT2D eigenvalue weighted by atomic mass is 14.8. The molecule has 1 aromatic rings. The molecule has 0 aromatic heterocycles. The first-order valence-corrected chi connectivity index (χ1v) is 5.29. The van der Waals surface area contributed by atoms with E-state index in [1.807, 2.05) is 20.9 Å². The SMILES string of the molecule is CC.CNCCc1cccc(CN)c1. The van der Waals surface area contributed by atoms with Gasteiger partial charge in [-0.05, 0) is 31.1 Å². The minimum absolute atomic E-state index is 0.632. The van der Waals surface area contributed by atoms with Gasteiger partial charge in [-0.25, -0.2) is 0 Å². The Kier molecular flexibility index (Phi) is 8.19. The third kappa shape index (κ3) is 5.00. The third-order valence-corrected chi connectivity index (χ3v) is 1.89. The molecule has 0 unspecified atom stereocenters. The Morgan fingerprint density at radius 1 is 1.21 bits per heavy atom. The number of nitrogens with two attached hydrogens (primary N) is 1. The van der Waals surface area contributed by atoms with Crippen molar-refractivity contribution in [3.05, 3.63) is 35.4 Å². The normalized spacial score (nSPS) is 9.14. The summed E-state index contributed by atoms with van der Waals surface area (Å²) in [5.74, 6) is 0. The minimum Gasteiger partial charge on any atom is -0.326 e. The van der Waals surface area contributed by atoms with E-state index in [2.05, 4.69) is 29.6 Å². The highest BCUT2D eigenvalue weighted by Gasteiger charge is 1.93. The van der Waals surface area contributed by atoms with Crippen molar-refractivity contribution in [2.24, 2.45) is 5.73 Å². The molecule has 0 amide bonds. The van der Waals surface area contributed by atoms with Gasteiger partial charge in [0.2, 0.25) is 0 Å². The molecule has 1 rings (SSSR count). The van der Waals surface area contributed by atoms with Crippen LogP contribution in [0.25, 0.3) is 0 Å². The molecule has 14 heavy (non-hydrogen) atoms. The van der Waals surface area contributed by atoms with Gasteiger partial charge in [-0.15, -0.1) is 0 Å². The number of hydrogen-bond acceptors (Lipinski definition) is 2. The molecule has 1 aromatic carbocycles. The highest BCUT2D eigenvalue weighted by molar-refractivity contribution is 5.23. The lowest BCUT2D eigenvalue weighted by Crippen LogP contribution is -2.10. The summed E-state index contributed by atoms with van der Waals surface area (Å²) >= 11 is 0. The van der Waals surface area contributed by atoms with Gasteiger partial charge in [0.25, 0.3) is 0 Å². The quantitative estimate of drug-likeness (QED) is 0.768. The topological polar surface area (TPSA) is 38.0 Å². The van der Waals surface area contributed by atoms with Crippen molar-refractivity contribution in [2.45, 2.75) is 26.8 Å². The number of benzene rings is 1. The summed E-state index contributed by atoms with van der Waals surface area (Å²) in [7, 11) is 1.97. The number of rotatable bonds is 4. The Balaban J connectivity index is 0.000000791. The predicted molar refractivity (Wildman–Crippen MR) is 63.3 cm³/mol. The van der Waals surface area contributed by atoms with E-state index in [4.69, 9.17) is 5.73 Å². The van der Waals surface area contributed by atoms with Gasteiger partial charge < -0.3 is 11.1 Å². The van der Waals surface area contributed by atoms with Crippen LogP contribution in [0.15, 0.2) is 24.3 Å². The van der Waals surface area contributed by atoms with Crippen LogP contribution in [-0.2, 0) is 13.0 Å². The average Bonchev–Trinajstić information content (AvgIpc) is 2.29. The molecule has 80 valence electrons. The summed E-state index contributed by atoms with van der Waals surface area (Å²) in [5, 5.41) is 3.12. The summed E-state index contributed by atoms with van der Waals surface area (Å²) in [5.41, 5.74) is 8.10. The fraction of sp³-hybridized carbons (Fsp3) is 0.500. The summed E-state index contributed by atoms with van der Waals surface area (Å²) in [6.45, 7) is 5.65. The smallest absolute Gasteiger partial charge is 0.0178 e. The predicted octanol–water partition coefficient (Wildman–Crippen LogP) is 1.93. The molecule has 0 heterocycles. The zero-order chi connectivity index (χ0) is 10.8. The number of likely N-dealkylation sites (N-methyl/N-ethyl adjacent to an activating group) is 1. The fourth-order valence-corrected chi connectivity index (χ4v) is 1.18. The second kappa shape index (κ2) is 8.73. The lowest BCUT2D eigenvalue weighted by Gasteiger charge is -2.02. The molecular formula is C12H22N2. The molecule has 0 aliphatic rings. The second-order valence-electron chi connectivity index (χ2n) is 2.88. The van der Waals surface area contributed by atoms with Crippen LogP contribution in [-0.4, -0.2) is 13.6 Å². The Hall–Kier alpha value is -0.860. The van der Waals surface area contributed by atoms with E-state index in [1.165, 1.54) is 11.1 Å². The van der Waals surface area contributed by atoms with E-state index in [-0.39, 0.29) is 0 Å². The van der Waals surface area contributed by atoms with Crippen LogP contribution < -0.4 is 11.1 Å². The van der Waals surface area contributed by atoms with Crippen molar-refractivity contribution in [2.75, 3.05) is 13.6 Å². The van der Waals surface area contributed by atoms with Crippen molar-refractivity contribution in [3.8, 4) is 0 Å². The van der Waals surface area contributed by atoms with Crippen LogP contribution in [0.3, 0.4) is 0 Å². The van der Waals surface area contributed by atoms with E-state index < -0.39 is 0 Å². The Morgan fingerprint density at radius 3 is 2.43 bits per heavy atom. The minimum atomic E-state index is 0.632. The molecular weight excluding hydrogens is 172 g/mol. The number of nitrogens with one attached hydrogen (secondary N) is 1.